The second-order valence-corrected chi connectivity index (χ2v) is 6.20. The largest absolute Gasteiger partial charge is 0.349 e. The second kappa shape index (κ2) is 4.42. The molecular weight excluding hydrogens is 220 g/mol. The number of hydrogen-bond acceptors (Lipinski definition) is 1. The minimum Gasteiger partial charge on any atom is -0.349 e. The maximum Gasteiger partial charge on any atom is 0.128 e. The summed E-state index contributed by atoms with van der Waals surface area (Å²) in [6.45, 7) is 5.66. The first kappa shape index (κ1) is 11.8. The molecule has 2 aliphatic rings. The molecule has 0 amide bonds. The zero-order valence-electron chi connectivity index (χ0n) is 11.3. The highest BCUT2D eigenvalue weighted by Crippen LogP contribution is 2.35. The Labute approximate surface area is 110 Å². The lowest BCUT2D eigenvalue weighted by Crippen LogP contribution is -2.40. The van der Waals surface area contributed by atoms with E-state index < -0.39 is 0 Å². The quantitative estimate of drug-likeness (QED) is 0.799. The summed E-state index contributed by atoms with van der Waals surface area (Å²) in [6, 6.07) is 8.96. The molecule has 1 aromatic rings. The van der Waals surface area contributed by atoms with Crippen LogP contribution in [0.1, 0.15) is 44.2 Å². The van der Waals surface area contributed by atoms with Crippen LogP contribution in [-0.2, 0) is 6.54 Å². The molecule has 1 fully saturated rings. The van der Waals surface area contributed by atoms with Crippen LogP contribution in [0.4, 0.5) is 0 Å². The minimum atomic E-state index is 0.573. The predicted octanol–water partition coefficient (Wildman–Crippen LogP) is 3.65. The summed E-state index contributed by atoms with van der Waals surface area (Å²) in [5, 5.41) is 8.38. The molecule has 1 aliphatic heterocycles. The van der Waals surface area contributed by atoms with Gasteiger partial charge in [-0.15, -0.1) is 0 Å². The van der Waals surface area contributed by atoms with Crippen LogP contribution in [0.25, 0.3) is 0 Å². The van der Waals surface area contributed by atoms with E-state index in [9.17, 15) is 0 Å². The van der Waals surface area contributed by atoms with E-state index in [1.165, 1.54) is 24.8 Å². The lowest BCUT2D eigenvalue weighted by Gasteiger charge is -2.38. The van der Waals surface area contributed by atoms with Crippen LogP contribution in [0, 0.1) is 17.2 Å². The Morgan fingerprint density at radius 2 is 1.72 bits per heavy atom. The number of benzene rings is 1. The van der Waals surface area contributed by atoms with Crippen LogP contribution in [-0.4, -0.2) is 16.8 Å². The topological polar surface area (TPSA) is 27.1 Å². The van der Waals surface area contributed by atoms with Crippen molar-refractivity contribution in [1.82, 2.24) is 4.90 Å². The maximum absolute atomic E-state index is 8.38. The van der Waals surface area contributed by atoms with Gasteiger partial charge in [-0.2, -0.15) is 0 Å². The highest BCUT2D eigenvalue weighted by molar-refractivity contribution is 6.00. The van der Waals surface area contributed by atoms with Crippen molar-refractivity contribution < 1.29 is 0 Å². The molecule has 2 atom stereocenters. The fourth-order valence-corrected chi connectivity index (χ4v) is 3.78. The predicted molar refractivity (Wildman–Crippen MR) is 74.8 cm³/mol. The molecule has 3 rings (SSSR count). The van der Waals surface area contributed by atoms with Gasteiger partial charge in [0, 0.05) is 18.2 Å². The summed E-state index contributed by atoms with van der Waals surface area (Å²) >= 11 is 0. The third-order valence-corrected chi connectivity index (χ3v) is 4.49. The van der Waals surface area contributed by atoms with Crippen molar-refractivity contribution in [1.29, 1.82) is 5.41 Å². The van der Waals surface area contributed by atoms with Crippen LogP contribution in [0.2, 0.25) is 0 Å². The van der Waals surface area contributed by atoms with E-state index in [0.29, 0.717) is 6.04 Å². The van der Waals surface area contributed by atoms with Gasteiger partial charge in [0.1, 0.15) is 5.84 Å². The SMILES string of the molecule is CC1CC(C)CC(N2Cc3ccccc3C2=N)C1. The van der Waals surface area contributed by atoms with Crippen molar-refractivity contribution in [2.45, 2.75) is 45.7 Å². The van der Waals surface area contributed by atoms with Crippen molar-refractivity contribution >= 4 is 5.84 Å². The van der Waals surface area contributed by atoms with Crippen molar-refractivity contribution in [3.8, 4) is 0 Å². The molecule has 0 saturated heterocycles. The monoisotopic (exact) mass is 242 g/mol. The third kappa shape index (κ3) is 1.94. The minimum absolute atomic E-state index is 0.573. The Morgan fingerprint density at radius 3 is 2.39 bits per heavy atom. The average molecular weight is 242 g/mol. The Hall–Kier alpha value is -1.31. The van der Waals surface area contributed by atoms with E-state index >= 15 is 0 Å². The smallest absolute Gasteiger partial charge is 0.128 e. The summed E-state index contributed by atoms with van der Waals surface area (Å²) in [5.74, 6) is 2.35. The van der Waals surface area contributed by atoms with Crippen molar-refractivity contribution in [3.05, 3.63) is 35.4 Å². The molecule has 18 heavy (non-hydrogen) atoms. The highest BCUT2D eigenvalue weighted by Gasteiger charge is 2.33. The first-order chi connectivity index (χ1) is 8.65. The molecule has 1 N–H and O–H groups in total. The average Bonchev–Trinajstić information content (AvgIpc) is 2.66. The van der Waals surface area contributed by atoms with E-state index in [2.05, 4.69) is 36.9 Å². The highest BCUT2D eigenvalue weighted by atomic mass is 15.2. The molecule has 2 heteroatoms. The van der Waals surface area contributed by atoms with Crippen molar-refractivity contribution in [2.75, 3.05) is 0 Å². The molecule has 1 saturated carbocycles. The fourth-order valence-electron chi connectivity index (χ4n) is 3.78. The Kier molecular flexibility index (Phi) is 2.89. The molecule has 0 spiro atoms. The van der Waals surface area contributed by atoms with E-state index in [1.54, 1.807) is 0 Å². The van der Waals surface area contributed by atoms with Crippen molar-refractivity contribution in [3.63, 3.8) is 0 Å². The Bertz CT molecular complexity index is 456. The lowest BCUT2D eigenvalue weighted by atomic mass is 9.80. The van der Waals surface area contributed by atoms with Gasteiger partial charge in [-0.1, -0.05) is 38.1 Å². The standard InChI is InChI=1S/C16H22N2/c1-11-7-12(2)9-14(8-11)18-10-13-5-3-4-6-15(13)16(18)17/h3-6,11-12,14,17H,7-10H2,1-2H3. The number of nitrogens with one attached hydrogen (secondary N) is 1. The summed E-state index contributed by atoms with van der Waals surface area (Å²) in [4.78, 5) is 2.33. The van der Waals surface area contributed by atoms with Crippen LogP contribution < -0.4 is 0 Å². The number of amidine groups is 1. The molecule has 2 unspecified atom stereocenters. The lowest BCUT2D eigenvalue weighted by molar-refractivity contribution is 0.167. The second-order valence-electron chi connectivity index (χ2n) is 6.20. The van der Waals surface area contributed by atoms with Gasteiger partial charge in [0.15, 0.2) is 0 Å². The fraction of sp³-hybridized carbons (Fsp3) is 0.562. The van der Waals surface area contributed by atoms with E-state index in [4.69, 9.17) is 5.41 Å². The van der Waals surface area contributed by atoms with Gasteiger partial charge in [0.05, 0.1) is 0 Å². The van der Waals surface area contributed by atoms with Gasteiger partial charge in [-0.05, 0) is 36.7 Å². The van der Waals surface area contributed by atoms with E-state index in [0.717, 1.165) is 29.8 Å². The number of nitrogens with zero attached hydrogens (tertiary/aromatic N) is 1. The summed E-state index contributed by atoms with van der Waals surface area (Å²) in [5.41, 5.74) is 2.47. The van der Waals surface area contributed by atoms with Gasteiger partial charge in [-0.25, -0.2) is 0 Å². The first-order valence-electron chi connectivity index (χ1n) is 7.08. The molecule has 1 heterocycles. The third-order valence-electron chi connectivity index (χ3n) is 4.49. The van der Waals surface area contributed by atoms with Crippen molar-refractivity contribution in [2.24, 2.45) is 11.8 Å². The molecule has 0 bridgehead atoms. The van der Waals surface area contributed by atoms with Crippen LogP contribution in [0.3, 0.4) is 0 Å². The van der Waals surface area contributed by atoms with Gasteiger partial charge in [0.2, 0.25) is 0 Å². The molecule has 0 aromatic heterocycles. The van der Waals surface area contributed by atoms with E-state index in [1.807, 2.05) is 6.07 Å². The normalized spacial score (nSPS) is 31.6. The van der Waals surface area contributed by atoms with Crippen LogP contribution in [0.5, 0.6) is 0 Å². The molecule has 2 nitrogen and oxygen atoms in total. The Balaban J connectivity index is 1.81. The van der Waals surface area contributed by atoms with Gasteiger partial charge < -0.3 is 4.90 Å². The first-order valence-corrected chi connectivity index (χ1v) is 7.08. The molecule has 0 radical (unpaired) electrons. The number of hydrogen-bond donors (Lipinski definition) is 1. The zero-order chi connectivity index (χ0) is 12.7. The Morgan fingerprint density at radius 1 is 1.06 bits per heavy atom. The molecule has 1 aliphatic carbocycles. The van der Waals surface area contributed by atoms with E-state index in [-0.39, 0.29) is 0 Å². The van der Waals surface area contributed by atoms with Crippen LogP contribution in [0.15, 0.2) is 24.3 Å². The van der Waals surface area contributed by atoms with Gasteiger partial charge in [-0.3, -0.25) is 5.41 Å². The summed E-state index contributed by atoms with van der Waals surface area (Å²) in [7, 11) is 0. The van der Waals surface area contributed by atoms with Crippen LogP contribution >= 0.6 is 0 Å². The summed E-state index contributed by atoms with van der Waals surface area (Å²) in [6.07, 6.45) is 3.85. The number of rotatable bonds is 1. The van der Waals surface area contributed by atoms with Gasteiger partial charge >= 0.3 is 0 Å². The van der Waals surface area contributed by atoms with Gasteiger partial charge in [0.25, 0.3) is 0 Å². The molecule has 1 aromatic carbocycles. The maximum atomic E-state index is 8.38. The summed E-state index contributed by atoms with van der Waals surface area (Å²) < 4.78 is 0. The molecule has 96 valence electrons. The molecular formula is C16H22N2. The number of fused-ring (bicyclic) bond motifs is 1. The zero-order valence-corrected chi connectivity index (χ0v) is 11.3.